The molecule has 1 saturated carbocycles. The van der Waals surface area contributed by atoms with Gasteiger partial charge in [-0.1, -0.05) is 30.3 Å². The SMILES string of the molecule is Cc1ccc(CNC2CC2)cc1-c1ccccc1F. The van der Waals surface area contributed by atoms with Crippen LogP contribution in [0.4, 0.5) is 4.39 Å². The predicted molar refractivity (Wildman–Crippen MR) is 76.4 cm³/mol. The quantitative estimate of drug-likeness (QED) is 0.869. The maximum absolute atomic E-state index is 13.9. The van der Waals surface area contributed by atoms with E-state index in [1.807, 2.05) is 19.1 Å². The summed E-state index contributed by atoms with van der Waals surface area (Å²) in [5.74, 6) is -0.155. The Kier molecular flexibility index (Phi) is 3.34. The van der Waals surface area contributed by atoms with Crippen molar-refractivity contribution in [1.82, 2.24) is 5.32 Å². The Balaban J connectivity index is 1.90. The topological polar surface area (TPSA) is 12.0 Å². The number of nitrogens with one attached hydrogen (secondary N) is 1. The molecular formula is C17H18FN. The van der Waals surface area contributed by atoms with Crippen LogP contribution in [-0.2, 0) is 6.54 Å². The number of hydrogen-bond acceptors (Lipinski definition) is 1. The van der Waals surface area contributed by atoms with Crippen molar-refractivity contribution in [3.63, 3.8) is 0 Å². The van der Waals surface area contributed by atoms with Crippen molar-refractivity contribution < 1.29 is 4.39 Å². The Bertz CT molecular complexity index is 588. The smallest absolute Gasteiger partial charge is 0.131 e. The second-order valence-electron chi connectivity index (χ2n) is 5.28. The number of hydrogen-bond donors (Lipinski definition) is 1. The van der Waals surface area contributed by atoms with Crippen LogP contribution in [0, 0.1) is 12.7 Å². The first kappa shape index (κ1) is 12.4. The van der Waals surface area contributed by atoms with Crippen LogP contribution in [0.2, 0.25) is 0 Å². The lowest BCUT2D eigenvalue weighted by atomic mass is 9.97. The van der Waals surface area contributed by atoms with Crippen LogP contribution < -0.4 is 5.32 Å². The van der Waals surface area contributed by atoms with Gasteiger partial charge in [0, 0.05) is 18.2 Å². The summed E-state index contributed by atoms with van der Waals surface area (Å²) >= 11 is 0. The van der Waals surface area contributed by atoms with E-state index in [-0.39, 0.29) is 5.82 Å². The van der Waals surface area contributed by atoms with Gasteiger partial charge in [-0.25, -0.2) is 4.39 Å². The molecule has 0 heterocycles. The summed E-state index contributed by atoms with van der Waals surface area (Å²) in [6.45, 7) is 2.90. The average Bonchev–Trinajstić information content (AvgIpc) is 3.23. The summed E-state index contributed by atoms with van der Waals surface area (Å²) in [5.41, 5.74) is 4.01. The largest absolute Gasteiger partial charge is 0.310 e. The molecule has 2 aromatic carbocycles. The van der Waals surface area contributed by atoms with Crippen LogP contribution in [0.15, 0.2) is 42.5 Å². The number of rotatable bonds is 4. The predicted octanol–water partition coefficient (Wildman–Crippen LogP) is 4.05. The molecule has 1 nitrogen and oxygen atoms in total. The lowest BCUT2D eigenvalue weighted by Crippen LogP contribution is -2.15. The summed E-state index contributed by atoms with van der Waals surface area (Å²) in [7, 11) is 0. The van der Waals surface area contributed by atoms with E-state index in [1.165, 1.54) is 24.5 Å². The molecule has 1 aliphatic rings. The maximum Gasteiger partial charge on any atom is 0.131 e. The highest BCUT2D eigenvalue weighted by Gasteiger charge is 2.20. The van der Waals surface area contributed by atoms with Crippen molar-refractivity contribution in [3.8, 4) is 11.1 Å². The lowest BCUT2D eigenvalue weighted by molar-refractivity contribution is 0.631. The zero-order valence-electron chi connectivity index (χ0n) is 11.1. The maximum atomic E-state index is 13.9. The Morgan fingerprint density at radius 1 is 1.11 bits per heavy atom. The van der Waals surface area contributed by atoms with Crippen LogP contribution in [0.1, 0.15) is 24.0 Å². The zero-order valence-corrected chi connectivity index (χ0v) is 11.1. The van der Waals surface area contributed by atoms with E-state index in [4.69, 9.17) is 0 Å². The van der Waals surface area contributed by atoms with E-state index in [0.717, 1.165) is 17.7 Å². The van der Waals surface area contributed by atoms with Crippen LogP contribution >= 0.6 is 0 Å². The van der Waals surface area contributed by atoms with E-state index in [9.17, 15) is 4.39 Å². The number of aryl methyl sites for hydroxylation is 1. The van der Waals surface area contributed by atoms with E-state index in [1.54, 1.807) is 6.07 Å². The van der Waals surface area contributed by atoms with Gasteiger partial charge in [0.05, 0.1) is 0 Å². The summed E-state index contributed by atoms with van der Waals surface area (Å²) < 4.78 is 13.9. The third-order valence-corrected chi connectivity index (χ3v) is 3.64. The Morgan fingerprint density at radius 3 is 2.63 bits per heavy atom. The standard InChI is InChI=1S/C17H18FN/c1-12-6-7-13(11-19-14-8-9-14)10-16(12)15-4-2-3-5-17(15)18/h2-7,10,14,19H,8-9,11H2,1H3. The fraction of sp³-hybridized carbons (Fsp3) is 0.294. The second kappa shape index (κ2) is 5.14. The molecule has 0 aromatic heterocycles. The molecule has 0 spiro atoms. The second-order valence-corrected chi connectivity index (χ2v) is 5.28. The van der Waals surface area contributed by atoms with Crippen molar-refractivity contribution in [2.24, 2.45) is 0 Å². The average molecular weight is 255 g/mol. The van der Waals surface area contributed by atoms with Gasteiger partial charge in [-0.3, -0.25) is 0 Å². The van der Waals surface area contributed by atoms with Gasteiger partial charge in [0.1, 0.15) is 5.82 Å². The Morgan fingerprint density at radius 2 is 1.89 bits per heavy atom. The van der Waals surface area contributed by atoms with Crippen molar-refractivity contribution in [2.75, 3.05) is 0 Å². The van der Waals surface area contributed by atoms with E-state index >= 15 is 0 Å². The molecule has 0 unspecified atom stereocenters. The van der Waals surface area contributed by atoms with Gasteiger partial charge in [0.25, 0.3) is 0 Å². The van der Waals surface area contributed by atoms with Crippen molar-refractivity contribution in [1.29, 1.82) is 0 Å². The minimum Gasteiger partial charge on any atom is -0.310 e. The molecule has 0 saturated heterocycles. The summed E-state index contributed by atoms with van der Waals surface area (Å²) in [4.78, 5) is 0. The van der Waals surface area contributed by atoms with E-state index in [0.29, 0.717) is 11.6 Å². The minimum absolute atomic E-state index is 0.155. The molecule has 0 radical (unpaired) electrons. The summed E-state index contributed by atoms with van der Waals surface area (Å²) in [5, 5.41) is 3.49. The monoisotopic (exact) mass is 255 g/mol. The zero-order chi connectivity index (χ0) is 13.2. The van der Waals surface area contributed by atoms with Gasteiger partial charge in [-0.2, -0.15) is 0 Å². The molecular weight excluding hydrogens is 237 g/mol. The molecule has 2 aromatic rings. The Labute approximate surface area is 113 Å². The van der Waals surface area contributed by atoms with Gasteiger partial charge in [0.2, 0.25) is 0 Å². The molecule has 19 heavy (non-hydrogen) atoms. The normalized spacial score (nSPS) is 14.6. The molecule has 98 valence electrons. The molecule has 1 aliphatic carbocycles. The van der Waals surface area contributed by atoms with Gasteiger partial charge >= 0.3 is 0 Å². The first-order valence-electron chi connectivity index (χ1n) is 6.82. The summed E-state index contributed by atoms with van der Waals surface area (Å²) in [6.07, 6.45) is 2.57. The molecule has 0 amide bonds. The fourth-order valence-corrected chi connectivity index (χ4v) is 2.30. The summed E-state index contributed by atoms with van der Waals surface area (Å²) in [6, 6.07) is 14.0. The number of benzene rings is 2. The Hall–Kier alpha value is -1.67. The van der Waals surface area contributed by atoms with Gasteiger partial charge < -0.3 is 5.32 Å². The molecule has 0 bridgehead atoms. The first-order valence-corrected chi connectivity index (χ1v) is 6.82. The van der Waals surface area contributed by atoms with Crippen LogP contribution in [0.25, 0.3) is 11.1 Å². The van der Waals surface area contributed by atoms with Gasteiger partial charge in [-0.05, 0) is 48.6 Å². The molecule has 2 heteroatoms. The lowest BCUT2D eigenvalue weighted by Gasteiger charge is -2.10. The highest BCUT2D eigenvalue weighted by molar-refractivity contribution is 5.68. The molecule has 1 fully saturated rings. The minimum atomic E-state index is -0.155. The molecule has 0 aliphatic heterocycles. The van der Waals surface area contributed by atoms with E-state index in [2.05, 4.69) is 23.5 Å². The van der Waals surface area contributed by atoms with Gasteiger partial charge in [-0.15, -0.1) is 0 Å². The van der Waals surface area contributed by atoms with Crippen molar-refractivity contribution in [3.05, 3.63) is 59.4 Å². The highest BCUT2D eigenvalue weighted by atomic mass is 19.1. The third-order valence-electron chi connectivity index (χ3n) is 3.64. The van der Waals surface area contributed by atoms with Crippen molar-refractivity contribution >= 4 is 0 Å². The highest BCUT2D eigenvalue weighted by Crippen LogP contribution is 2.27. The van der Waals surface area contributed by atoms with Crippen LogP contribution in [0.3, 0.4) is 0 Å². The number of halogens is 1. The molecule has 0 atom stereocenters. The third kappa shape index (κ3) is 2.85. The fourth-order valence-electron chi connectivity index (χ4n) is 2.30. The van der Waals surface area contributed by atoms with Crippen LogP contribution in [-0.4, -0.2) is 6.04 Å². The van der Waals surface area contributed by atoms with Crippen molar-refractivity contribution in [2.45, 2.75) is 32.4 Å². The first-order chi connectivity index (χ1) is 9.24. The van der Waals surface area contributed by atoms with Crippen LogP contribution in [0.5, 0.6) is 0 Å². The van der Waals surface area contributed by atoms with Gasteiger partial charge in [0.15, 0.2) is 0 Å². The molecule has 1 N–H and O–H groups in total. The molecule has 3 rings (SSSR count). The van der Waals surface area contributed by atoms with E-state index < -0.39 is 0 Å².